The topological polar surface area (TPSA) is 60.7 Å². The van der Waals surface area contributed by atoms with Crippen molar-refractivity contribution in [2.24, 2.45) is 0 Å². The minimum atomic E-state index is -1.68. The van der Waals surface area contributed by atoms with Gasteiger partial charge in [0, 0.05) is 5.46 Å². The predicted molar refractivity (Wildman–Crippen MR) is 48.0 cm³/mol. The average molecular weight is 207 g/mol. The summed E-state index contributed by atoms with van der Waals surface area (Å²) in [6, 6.07) is 2.52. The maximum Gasteiger partial charge on any atom is 0.490 e. The molecule has 3 nitrogen and oxygen atoms in total. The van der Waals surface area contributed by atoms with Crippen LogP contribution in [0.15, 0.2) is 12.1 Å². The number of hydrogen-bond acceptors (Lipinski definition) is 3. The highest BCUT2D eigenvalue weighted by Gasteiger charge is 2.18. The van der Waals surface area contributed by atoms with Crippen LogP contribution in [-0.4, -0.2) is 22.3 Å². The molecule has 0 aliphatic rings. The smallest absolute Gasteiger partial charge is 0.490 e. The number of halogens is 2. The van der Waals surface area contributed by atoms with Crippen LogP contribution in [0.5, 0.6) is 5.75 Å². The van der Waals surface area contributed by atoms with E-state index in [0.717, 1.165) is 0 Å². The maximum absolute atomic E-state index is 9.03. The number of phenolic OH excluding ortho intramolecular Hbond substituents is 1. The molecule has 0 saturated heterocycles. The van der Waals surface area contributed by atoms with Gasteiger partial charge in [-0.05, 0) is 6.07 Å². The molecule has 1 rings (SSSR count). The SMILES string of the molecule is OB(O)c1ccc(O)c(Cl)c1Cl. The number of phenols is 1. The van der Waals surface area contributed by atoms with Crippen molar-refractivity contribution in [1.29, 1.82) is 0 Å². The number of rotatable bonds is 1. The van der Waals surface area contributed by atoms with E-state index in [1.807, 2.05) is 0 Å². The van der Waals surface area contributed by atoms with Crippen molar-refractivity contribution in [3.8, 4) is 5.75 Å². The standard InChI is InChI=1S/C6H5BCl2O3/c8-5-3(7(11)12)1-2-4(10)6(5)9/h1-2,10-12H. The summed E-state index contributed by atoms with van der Waals surface area (Å²) in [5.41, 5.74) is 0.0690. The van der Waals surface area contributed by atoms with Crippen LogP contribution < -0.4 is 5.46 Å². The van der Waals surface area contributed by atoms with Crippen molar-refractivity contribution in [3.63, 3.8) is 0 Å². The monoisotopic (exact) mass is 206 g/mol. The third kappa shape index (κ3) is 1.67. The Labute approximate surface area is 79.3 Å². The van der Waals surface area contributed by atoms with Gasteiger partial charge in [-0.2, -0.15) is 0 Å². The molecule has 0 fully saturated rings. The molecule has 0 aliphatic carbocycles. The molecule has 0 spiro atoms. The van der Waals surface area contributed by atoms with Gasteiger partial charge in [-0.15, -0.1) is 0 Å². The lowest BCUT2D eigenvalue weighted by atomic mass is 9.80. The van der Waals surface area contributed by atoms with Crippen molar-refractivity contribution >= 4 is 35.8 Å². The molecule has 1 aromatic carbocycles. The average Bonchev–Trinajstić information content (AvgIpc) is 2.00. The molecule has 0 atom stereocenters. The van der Waals surface area contributed by atoms with Crippen LogP contribution in [0.1, 0.15) is 0 Å². The van der Waals surface area contributed by atoms with Crippen LogP contribution in [0.2, 0.25) is 10.0 Å². The molecule has 3 N–H and O–H groups in total. The van der Waals surface area contributed by atoms with Gasteiger partial charge in [-0.25, -0.2) is 0 Å². The van der Waals surface area contributed by atoms with Crippen LogP contribution in [0.25, 0.3) is 0 Å². The Kier molecular flexibility index (Phi) is 2.85. The Hall–Kier alpha value is -0.415. The van der Waals surface area contributed by atoms with E-state index in [2.05, 4.69) is 0 Å². The molecule has 6 heteroatoms. The Balaban J connectivity index is 3.27. The molecule has 0 bridgehead atoms. The largest absolute Gasteiger partial charge is 0.506 e. The first kappa shape index (κ1) is 9.67. The fourth-order valence-electron chi connectivity index (χ4n) is 0.754. The second-order valence-electron chi connectivity index (χ2n) is 2.18. The lowest BCUT2D eigenvalue weighted by molar-refractivity contribution is 0.425. The highest BCUT2D eigenvalue weighted by atomic mass is 35.5. The summed E-state index contributed by atoms with van der Waals surface area (Å²) in [6.45, 7) is 0. The van der Waals surface area contributed by atoms with E-state index in [0.29, 0.717) is 0 Å². The zero-order valence-electron chi connectivity index (χ0n) is 5.83. The van der Waals surface area contributed by atoms with Gasteiger partial charge in [0.2, 0.25) is 0 Å². The van der Waals surface area contributed by atoms with Crippen molar-refractivity contribution in [2.45, 2.75) is 0 Å². The van der Waals surface area contributed by atoms with Crippen LogP contribution >= 0.6 is 23.2 Å². The molecule has 64 valence electrons. The number of benzene rings is 1. The summed E-state index contributed by atoms with van der Waals surface area (Å²) in [7, 11) is -1.68. The van der Waals surface area contributed by atoms with E-state index in [9.17, 15) is 0 Å². The van der Waals surface area contributed by atoms with Crippen LogP contribution in [-0.2, 0) is 0 Å². The van der Waals surface area contributed by atoms with Gasteiger partial charge in [-0.1, -0.05) is 29.3 Å². The molecule has 0 heterocycles. The quantitative estimate of drug-likeness (QED) is 0.583. The minimum absolute atomic E-state index is 0.0494. The summed E-state index contributed by atoms with van der Waals surface area (Å²) >= 11 is 11.1. The van der Waals surface area contributed by atoms with Gasteiger partial charge >= 0.3 is 7.12 Å². The molecule has 12 heavy (non-hydrogen) atoms. The molecule has 0 unspecified atom stereocenters. The highest BCUT2D eigenvalue weighted by molar-refractivity contribution is 6.64. The van der Waals surface area contributed by atoms with E-state index in [4.69, 9.17) is 38.4 Å². The maximum atomic E-state index is 9.03. The van der Waals surface area contributed by atoms with E-state index in [1.165, 1.54) is 12.1 Å². The summed E-state index contributed by atoms with van der Waals surface area (Å²) < 4.78 is 0. The normalized spacial score (nSPS) is 10.0. The fourth-order valence-corrected chi connectivity index (χ4v) is 1.18. The Bertz CT molecular complexity index is 303. The molecule has 0 aliphatic heterocycles. The van der Waals surface area contributed by atoms with Crippen LogP contribution in [0.4, 0.5) is 0 Å². The second-order valence-corrected chi connectivity index (χ2v) is 2.93. The number of hydrogen-bond donors (Lipinski definition) is 3. The van der Waals surface area contributed by atoms with E-state index in [1.54, 1.807) is 0 Å². The Morgan fingerprint density at radius 3 is 2.17 bits per heavy atom. The molecular formula is C6H5BCl2O3. The van der Waals surface area contributed by atoms with Gasteiger partial charge in [0.25, 0.3) is 0 Å². The summed E-state index contributed by atoms with van der Waals surface area (Å²) in [5.74, 6) is -0.189. The molecule has 0 aromatic heterocycles. The second kappa shape index (κ2) is 3.54. The first-order chi connectivity index (χ1) is 5.54. The van der Waals surface area contributed by atoms with E-state index in [-0.39, 0.29) is 21.3 Å². The van der Waals surface area contributed by atoms with Crippen LogP contribution in [0.3, 0.4) is 0 Å². The van der Waals surface area contributed by atoms with Gasteiger partial charge < -0.3 is 15.2 Å². The lowest BCUT2D eigenvalue weighted by Crippen LogP contribution is -2.30. The van der Waals surface area contributed by atoms with Crippen molar-refractivity contribution < 1.29 is 15.2 Å². The zero-order chi connectivity index (χ0) is 9.30. The molecular weight excluding hydrogens is 202 g/mol. The molecule has 0 radical (unpaired) electrons. The van der Waals surface area contributed by atoms with Crippen molar-refractivity contribution in [2.75, 3.05) is 0 Å². The zero-order valence-corrected chi connectivity index (χ0v) is 7.34. The summed E-state index contributed by atoms with van der Waals surface area (Å²) in [5, 5.41) is 26.4. The van der Waals surface area contributed by atoms with Gasteiger partial charge in [0.05, 0.1) is 5.02 Å². The Morgan fingerprint density at radius 2 is 1.67 bits per heavy atom. The third-order valence-corrected chi connectivity index (χ3v) is 2.26. The summed E-state index contributed by atoms with van der Waals surface area (Å²) in [6.07, 6.45) is 0. The van der Waals surface area contributed by atoms with Gasteiger partial charge in [0.1, 0.15) is 10.8 Å². The molecule has 1 aromatic rings. The minimum Gasteiger partial charge on any atom is -0.506 e. The first-order valence-corrected chi connectivity index (χ1v) is 3.82. The molecule has 0 amide bonds. The lowest BCUT2D eigenvalue weighted by Gasteiger charge is -2.05. The third-order valence-electron chi connectivity index (χ3n) is 1.37. The van der Waals surface area contributed by atoms with Gasteiger partial charge in [0.15, 0.2) is 0 Å². The van der Waals surface area contributed by atoms with Crippen LogP contribution in [0, 0.1) is 0 Å². The highest BCUT2D eigenvalue weighted by Crippen LogP contribution is 2.28. The van der Waals surface area contributed by atoms with Crippen molar-refractivity contribution in [1.82, 2.24) is 0 Å². The van der Waals surface area contributed by atoms with E-state index < -0.39 is 7.12 Å². The summed E-state index contributed by atoms with van der Waals surface area (Å²) in [4.78, 5) is 0. The van der Waals surface area contributed by atoms with E-state index >= 15 is 0 Å². The van der Waals surface area contributed by atoms with Crippen molar-refractivity contribution in [3.05, 3.63) is 22.2 Å². The van der Waals surface area contributed by atoms with Gasteiger partial charge in [-0.3, -0.25) is 0 Å². The number of aromatic hydroxyl groups is 1. The fraction of sp³-hybridized carbons (Fsp3) is 0. The predicted octanol–water partition coefficient (Wildman–Crippen LogP) is 0.379. The Morgan fingerprint density at radius 1 is 1.08 bits per heavy atom. The first-order valence-electron chi connectivity index (χ1n) is 3.07. The molecule has 0 saturated carbocycles.